The van der Waals surface area contributed by atoms with E-state index in [1.54, 1.807) is 22.0 Å². The fraction of sp³-hybridized carbons (Fsp3) is 0.300. The molecule has 3 aromatic rings. The van der Waals surface area contributed by atoms with E-state index >= 15 is 0 Å². The molecule has 1 fully saturated rings. The van der Waals surface area contributed by atoms with Crippen molar-refractivity contribution in [2.24, 2.45) is 5.92 Å². The van der Waals surface area contributed by atoms with Crippen LogP contribution in [0, 0.1) is 5.92 Å². The lowest BCUT2D eigenvalue weighted by Crippen LogP contribution is -2.40. The van der Waals surface area contributed by atoms with Crippen molar-refractivity contribution in [3.05, 3.63) is 72.3 Å². The number of aromatic nitrogens is 4. The molecule has 4 rings (SSSR count). The van der Waals surface area contributed by atoms with Crippen molar-refractivity contribution in [3.63, 3.8) is 0 Å². The summed E-state index contributed by atoms with van der Waals surface area (Å²) in [6.45, 7) is 1.18. The zero-order chi connectivity index (χ0) is 18.6. The maximum Gasteiger partial charge on any atom is 0.276 e. The van der Waals surface area contributed by atoms with Crippen molar-refractivity contribution in [1.29, 1.82) is 0 Å². The molecule has 0 unspecified atom stereocenters. The number of piperidine rings is 1. The van der Waals surface area contributed by atoms with E-state index in [9.17, 15) is 9.90 Å². The molecule has 2 aromatic heterocycles. The Balaban J connectivity index is 1.38. The molecule has 0 aliphatic carbocycles. The number of rotatable bonds is 4. The van der Waals surface area contributed by atoms with Crippen molar-refractivity contribution in [1.82, 2.24) is 24.9 Å². The number of aliphatic hydroxyl groups is 1. The van der Waals surface area contributed by atoms with Crippen LogP contribution in [0.5, 0.6) is 0 Å². The molecule has 3 heterocycles. The Bertz CT molecular complexity index is 889. The Labute approximate surface area is 157 Å². The van der Waals surface area contributed by atoms with E-state index in [2.05, 4.69) is 15.3 Å². The van der Waals surface area contributed by atoms with Crippen molar-refractivity contribution < 1.29 is 9.90 Å². The number of carbonyl (C=O) groups excluding carboxylic acids is 1. The van der Waals surface area contributed by atoms with Gasteiger partial charge in [-0.25, -0.2) is 4.68 Å². The number of carbonyl (C=O) groups is 1. The highest BCUT2D eigenvalue weighted by Gasteiger charge is 2.30. The minimum absolute atomic E-state index is 0.101. The lowest BCUT2D eigenvalue weighted by Gasteiger charge is -2.33. The number of hydrogen-bond acceptors (Lipinski definition) is 5. The summed E-state index contributed by atoms with van der Waals surface area (Å²) in [6.07, 6.45) is 4.22. The summed E-state index contributed by atoms with van der Waals surface area (Å²) in [5.74, 6) is -0.0214. The van der Waals surface area contributed by atoms with Crippen LogP contribution in [0.1, 0.15) is 35.1 Å². The molecule has 1 aromatic carbocycles. The number of benzene rings is 1. The Kier molecular flexibility index (Phi) is 4.93. The second kappa shape index (κ2) is 7.67. The van der Waals surface area contributed by atoms with E-state index in [0.29, 0.717) is 24.5 Å². The third-order valence-corrected chi connectivity index (χ3v) is 5.00. The molecular weight excluding hydrogens is 342 g/mol. The Morgan fingerprint density at radius 3 is 2.52 bits per heavy atom. The highest BCUT2D eigenvalue weighted by molar-refractivity contribution is 5.92. The highest BCUT2D eigenvalue weighted by atomic mass is 16.3. The maximum absolute atomic E-state index is 12.7. The number of pyridine rings is 1. The van der Waals surface area contributed by atoms with Gasteiger partial charge in [-0.2, -0.15) is 0 Å². The first-order valence-corrected chi connectivity index (χ1v) is 9.08. The van der Waals surface area contributed by atoms with Crippen molar-refractivity contribution >= 4 is 5.91 Å². The molecular formula is C20H21N5O2. The average molecular weight is 363 g/mol. The molecule has 138 valence electrons. The van der Waals surface area contributed by atoms with E-state index < -0.39 is 6.10 Å². The molecule has 1 saturated heterocycles. The Hall–Kier alpha value is -3.06. The molecule has 7 nitrogen and oxygen atoms in total. The highest BCUT2D eigenvalue weighted by Crippen LogP contribution is 2.30. The summed E-state index contributed by atoms with van der Waals surface area (Å²) in [4.78, 5) is 18.7. The van der Waals surface area contributed by atoms with E-state index in [0.717, 1.165) is 18.5 Å². The van der Waals surface area contributed by atoms with Crippen LogP contribution in [0.15, 0.2) is 60.9 Å². The number of aliphatic hydroxyl groups excluding tert-OH is 1. The van der Waals surface area contributed by atoms with Gasteiger partial charge in [-0.15, -0.1) is 5.10 Å². The van der Waals surface area contributed by atoms with Crippen LogP contribution < -0.4 is 0 Å². The van der Waals surface area contributed by atoms with Crippen LogP contribution in [0.3, 0.4) is 0 Å². The minimum Gasteiger partial charge on any atom is -0.387 e. The lowest BCUT2D eigenvalue weighted by atomic mass is 9.89. The lowest BCUT2D eigenvalue weighted by molar-refractivity contribution is 0.0444. The third kappa shape index (κ3) is 3.73. The fourth-order valence-electron chi connectivity index (χ4n) is 3.44. The third-order valence-electron chi connectivity index (χ3n) is 5.00. The molecule has 1 aliphatic heterocycles. The van der Waals surface area contributed by atoms with Crippen LogP contribution in [-0.2, 0) is 0 Å². The van der Waals surface area contributed by atoms with Gasteiger partial charge in [0, 0.05) is 19.3 Å². The molecule has 1 aliphatic rings. The van der Waals surface area contributed by atoms with Gasteiger partial charge < -0.3 is 10.0 Å². The van der Waals surface area contributed by atoms with Gasteiger partial charge in [-0.05, 0) is 43.0 Å². The van der Waals surface area contributed by atoms with Crippen LogP contribution in [0.4, 0.5) is 0 Å². The van der Waals surface area contributed by atoms with Gasteiger partial charge in [0.1, 0.15) is 0 Å². The molecule has 0 spiro atoms. The Morgan fingerprint density at radius 1 is 1.07 bits per heavy atom. The topological polar surface area (TPSA) is 84.1 Å². The van der Waals surface area contributed by atoms with Gasteiger partial charge in [0.15, 0.2) is 5.69 Å². The summed E-state index contributed by atoms with van der Waals surface area (Å²) in [7, 11) is 0. The number of likely N-dealkylation sites (tertiary alicyclic amines) is 1. The molecule has 0 radical (unpaired) electrons. The second-order valence-corrected chi connectivity index (χ2v) is 6.71. The zero-order valence-electron chi connectivity index (χ0n) is 14.8. The largest absolute Gasteiger partial charge is 0.387 e. The summed E-state index contributed by atoms with van der Waals surface area (Å²) < 4.78 is 1.60. The van der Waals surface area contributed by atoms with Crippen molar-refractivity contribution in [3.8, 4) is 5.69 Å². The molecule has 1 amide bonds. The van der Waals surface area contributed by atoms with Gasteiger partial charge in [-0.3, -0.25) is 9.78 Å². The molecule has 1 N–H and O–H groups in total. The first-order valence-electron chi connectivity index (χ1n) is 9.08. The van der Waals surface area contributed by atoms with Crippen LogP contribution in [0.25, 0.3) is 5.69 Å². The molecule has 0 saturated carbocycles. The molecule has 27 heavy (non-hydrogen) atoms. The van der Waals surface area contributed by atoms with Gasteiger partial charge in [0.2, 0.25) is 0 Å². The smallest absolute Gasteiger partial charge is 0.276 e. The number of para-hydroxylation sites is 1. The van der Waals surface area contributed by atoms with Gasteiger partial charge in [-0.1, -0.05) is 29.5 Å². The Morgan fingerprint density at radius 2 is 1.81 bits per heavy atom. The molecule has 7 heteroatoms. The molecule has 1 atom stereocenters. The number of hydrogen-bond donors (Lipinski definition) is 1. The number of amides is 1. The van der Waals surface area contributed by atoms with E-state index in [1.807, 2.05) is 48.5 Å². The van der Waals surface area contributed by atoms with E-state index in [4.69, 9.17) is 0 Å². The standard InChI is InChI=1S/C20H21N5O2/c26-19(17-8-4-5-11-21-17)15-9-12-24(13-10-15)20(27)18-14-25(23-22-18)16-6-2-1-3-7-16/h1-8,11,14-15,19,26H,9-10,12-13H2/t19-/m0/s1. The second-order valence-electron chi connectivity index (χ2n) is 6.71. The zero-order valence-corrected chi connectivity index (χ0v) is 14.8. The number of nitrogens with zero attached hydrogens (tertiary/aromatic N) is 5. The predicted molar refractivity (Wildman–Crippen MR) is 99.2 cm³/mol. The van der Waals surface area contributed by atoms with Crippen LogP contribution in [-0.4, -0.2) is 49.0 Å². The van der Waals surface area contributed by atoms with Gasteiger partial charge >= 0.3 is 0 Å². The summed E-state index contributed by atoms with van der Waals surface area (Å²) in [5.41, 5.74) is 1.89. The van der Waals surface area contributed by atoms with E-state index in [-0.39, 0.29) is 11.8 Å². The molecule has 0 bridgehead atoms. The summed E-state index contributed by atoms with van der Waals surface area (Å²) in [5, 5.41) is 18.6. The normalized spacial score (nSPS) is 16.3. The summed E-state index contributed by atoms with van der Waals surface area (Å²) >= 11 is 0. The van der Waals surface area contributed by atoms with Crippen LogP contribution >= 0.6 is 0 Å². The monoisotopic (exact) mass is 363 g/mol. The maximum atomic E-state index is 12.7. The average Bonchev–Trinajstić information content (AvgIpc) is 3.24. The van der Waals surface area contributed by atoms with E-state index in [1.165, 1.54) is 0 Å². The van der Waals surface area contributed by atoms with Gasteiger partial charge in [0.05, 0.1) is 23.7 Å². The van der Waals surface area contributed by atoms with Gasteiger partial charge in [0.25, 0.3) is 5.91 Å². The van der Waals surface area contributed by atoms with Crippen molar-refractivity contribution in [2.45, 2.75) is 18.9 Å². The predicted octanol–water partition coefficient (Wildman–Crippen LogP) is 2.25. The SMILES string of the molecule is O=C(c1cn(-c2ccccc2)nn1)N1CCC([C@H](O)c2ccccn2)CC1. The van der Waals surface area contributed by atoms with Crippen LogP contribution in [0.2, 0.25) is 0 Å². The first-order chi connectivity index (χ1) is 13.2. The van der Waals surface area contributed by atoms with Crippen molar-refractivity contribution in [2.75, 3.05) is 13.1 Å². The summed E-state index contributed by atoms with van der Waals surface area (Å²) in [6, 6.07) is 15.1. The quantitative estimate of drug-likeness (QED) is 0.769. The fourth-order valence-corrected chi connectivity index (χ4v) is 3.44. The minimum atomic E-state index is -0.595. The first kappa shape index (κ1) is 17.4.